The molecule has 2 aliphatic rings. The zero-order valence-corrected chi connectivity index (χ0v) is 14.5. The SMILES string of the molecule is O=C(NC[C@H]1CCCO1)C1CCN(Cc2c(F)cccc2Cl)CC1. The van der Waals surface area contributed by atoms with E-state index in [-0.39, 0.29) is 23.7 Å². The van der Waals surface area contributed by atoms with Crippen LogP contribution < -0.4 is 5.32 Å². The van der Waals surface area contributed by atoms with Crippen molar-refractivity contribution in [2.24, 2.45) is 5.92 Å². The molecule has 0 aromatic heterocycles. The predicted molar refractivity (Wildman–Crippen MR) is 91.4 cm³/mol. The third kappa shape index (κ3) is 4.47. The van der Waals surface area contributed by atoms with Crippen molar-refractivity contribution in [3.63, 3.8) is 0 Å². The Morgan fingerprint density at radius 3 is 2.79 bits per heavy atom. The average Bonchev–Trinajstić information content (AvgIpc) is 3.10. The lowest BCUT2D eigenvalue weighted by Crippen LogP contribution is -2.42. The Hall–Kier alpha value is -1.17. The van der Waals surface area contributed by atoms with E-state index in [0.29, 0.717) is 23.7 Å². The molecule has 1 amide bonds. The van der Waals surface area contributed by atoms with E-state index < -0.39 is 0 Å². The number of likely N-dealkylation sites (tertiary alicyclic amines) is 1. The number of nitrogens with zero attached hydrogens (tertiary/aromatic N) is 1. The fourth-order valence-corrected chi connectivity index (χ4v) is 3.65. The molecule has 1 atom stereocenters. The van der Waals surface area contributed by atoms with Gasteiger partial charge in [0, 0.05) is 36.2 Å². The second-order valence-corrected chi connectivity index (χ2v) is 7.04. The fraction of sp³-hybridized carbons (Fsp3) is 0.611. The lowest BCUT2D eigenvalue weighted by molar-refractivity contribution is -0.127. The number of piperidine rings is 1. The minimum Gasteiger partial charge on any atom is -0.376 e. The van der Waals surface area contributed by atoms with Gasteiger partial charge >= 0.3 is 0 Å². The zero-order chi connectivity index (χ0) is 16.9. The van der Waals surface area contributed by atoms with Gasteiger partial charge in [0.15, 0.2) is 0 Å². The first-order valence-corrected chi connectivity index (χ1v) is 9.06. The molecule has 0 bridgehead atoms. The van der Waals surface area contributed by atoms with Gasteiger partial charge in [-0.05, 0) is 50.9 Å². The van der Waals surface area contributed by atoms with Crippen LogP contribution in [0.1, 0.15) is 31.2 Å². The maximum atomic E-state index is 13.9. The monoisotopic (exact) mass is 354 g/mol. The van der Waals surface area contributed by atoms with Crippen molar-refractivity contribution in [1.29, 1.82) is 0 Å². The average molecular weight is 355 g/mol. The summed E-state index contributed by atoms with van der Waals surface area (Å²) in [5, 5.41) is 3.48. The van der Waals surface area contributed by atoms with E-state index in [4.69, 9.17) is 16.3 Å². The number of hydrogen-bond donors (Lipinski definition) is 1. The molecule has 0 spiro atoms. The summed E-state index contributed by atoms with van der Waals surface area (Å²) in [6.45, 7) is 3.47. The van der Waals surface area contributed by atoms with Crippen LogP contribution in [0.2, 0.25) is 5.02 Å². The van der Waals surface area contributed by atoms with Gasteiger partial charge in [0.1, 0.15) is 5.82 Å². The maximum absolute atomic E-state index is 13.9. The lowest BCUT2D eigenvalue weighted by Gasteiger charge is -2.31. The molecule has 1 aromatic carbocycles. The molecule has 0 aliphatic carbocycles. The molecule has 0 radical (unpaired) electrons. The van der Waals surface area contributed by atoms with Gasteiger partial charge in [-0.25, -0.2) is 4.39 Å². The number of nitrogens with one attached hydrogen (secondary N) is 1. The quantitative estimate of drug-likeness (QED) is 0.883. The van der Waals surface area contributed by atoms with Gasteiger partial charge in [0.05, 0.1) is 6.10 Å². The maximum Gasteiger partial charge on any atom is 0.223 e. The number of ether oxygens (including phenoxy) is 1. The van der Waals surface area contributed by atoms with Crippen LogP contribution in [-0.4, -0.2) is 43.2 Å². The van der Waals surface area contributed by atoms with Crippen molar-refractivity contribution in [2.75, 3.05) is 26.2 Å². The van der Waals surface area contributed by atoms with Crippen LogP contribution in [0.25, 0.3) is 0 Å². The van der Waals surface area contributed by atoms with E-state index in [1.54, 1.807) is 12.1 Å². The topological polar surface area (TPSA) is 41.6 Å². The van der Waals surface area contributed by atoms with Crippen LogP contribution in [0.5, 0.6) is 0 Å². The van der Waals surface area contributed by atoms with E-state index in [0.717, 1.165) is 45.4 Å². The normalized spacial score (nSPS) is 22.7. The van der Waals surface area contributed by atoms with Gasteiger partial charge in [-0.15, -0.1) is 0 Å². The molecule has 1 aromatic rings. The smallest absolute Gasteiger partial charge is 0.223 e. The summed E-state index contributed by atoms with van der Waals surface area (Å²) in [4.78, 5) is 14.4. The summed E-state index contributed by atoms with van der Waals surface area (Å²) in [6, 6.07) is 4.77. The van der Waals surface area contributed by atoms with Crippen LogP contribution in [0.15, 0.2) is 18.2 Å². The molecule has 0 unspecified atom stereocenters. The van der Waals surface area contributed by atoms with Gasteiger partial charge in [-0.3, -0.25) is 9.69 Å². The Labute approximate surface area is 147 Å². The van der Waals surface area contributed by atoms with E-state index in [1.807, 2.05) is 0 Å². The van der Waals surface area contributed by atoms with Crippen LogP contribution in [0.4, 0.5) is 4.39 Å². The molecule has 24 heavy (non-hydrogen) atoms. The summed E-state index contributed by atoms with van der Waals surface area (Å²) in [6.07, 6.45) is 3.88. The van der Waals surface area contributed by atoms with Gasteiger partial charge in [-0.2, -0.15) is 0 Å². The summed E-state index contributed by atoms with van der Waals surface area (Å²) < 4.78 is 19.4. The largest absolute Gasteiger partial charge is 0.376 e. The number of benzene rings is 1. The molecule has 2 saturated heterocycles. The minimum absolute atomic E-state index is 0.0405. The first-order chi connectivity index (χ1) is 11.6. The van der Waals surface area contributed by atoms with E-state index in [2.05, 4.69) is 10.2 Å². The summed E-state index contributed by atoms with van der Waals surface area (Å²) >= 11 is 6.09. The summed E-state index contributed by atoms with van der Waals surface area (Å²) in [5.74, 6) is -0.105. The molecular weight excluding hydrogens is 331 g/mol. The standard InChI is InChI=1S/C18H24ClFN2O2/c19-16-4-1-5-17(20)15(16)12-22-8-6-13(7-9-22)18(23)21-11-14-3-2-10-24-14/h1,4-5,13-14H,2-3,6-12H2,(H,21,23)/t14-/m1/s1. The van der Waals surface area contributed by atoms with Gasteiger partial charge in [0.25, 0.3) is 0 Å². The lowest BCUT2D eigenvalue weighted by atomic mass is 9.95. The van der Waals surface area contributed by atoms with E-state index in [1.165, 1.54) is 6.07 Å². The molecule has 2 aliphatic heterocycles. The molecular formula is C18H24ClFN2O2. The van der Waals surface area contributed by atoms with Crippen molar-refractivity contribution >= 4 is 17.5 Å². The van der Waals surface area contributed by atoms with Crippen LogP contribution in [0.3, 0.4) is 0 Å². The highest BCUT2D eigenvalue weighted by Gasteiger charge is 2.26. The van der Waals surface area contributed by atoms with Gasteiger partial charge < -0.3 is 10.1 Å². The highest BCUT2D eigenvalue weighted by atomic mass is 35.5. The Bertz CT molecular complexity index is 550. The van der Waals surface area contributed by atoms with Crippen LogP contribution in [0, 0.1) is 11.7 Å². The summed E-state index contributed by atoms with van der Waals surface area (Å²) in [5.41, 5.74) is 0.542. The third-order valence-electron chi connectivity index (χ3n) is 4.93. The van der Waals surface area contributed by atoms with Gasteiger partial charge in [-0.1, -0.05) is 17.7 Å². The van der Waals surface area contributed by atoms with Crippen molar-refractivity contribution in [2.45, 2.75) is 38.3 Å². The number of rotatable bonds is 5. The first-order valence-electron chi connectivity index (χ1n) is 8.68. The zero-order valence-electron chi connectivity index (χ0n) is 13.8. The predicted octanol–water partition coefficient (Wildman–Crippen LogP) is 2.99. The molecule has 4 nitrogen and oxygen atoms in total. The van der Waals surface area contributed by atoms with E-state index >= 15 is 0 Å². The van der Waals surface area contributed by atoms with Gasteiger partial charge in [0.2, 0.25) is 5.91 Å². The third-order valence-corrected chi connectivity index (χ3v) is 5.28. The van der Waals surface area contributed by atoms with Crippen molar-refractivity contribution in [3.05, 3.63) is 34.6 Å². The number of carbonyl (C=O) groups is 1. The Morgan fingerprint density at radius 1 is 1.33 bits per heavy atom. The molecule has 3 rings (SSSR count). The molecule has 1 N–H and O–H groups in total. The number of carbonyl (C=O) groups excluding carboxylic acids is 1. The first kappa shape index (κ1) is 17.6. The second-order valence-electron chi connectivity index (χ2n) is 6.63. The van der Waals surface area contributed by atoms with E-state index in [9.17, 15) is 9.18 Å². The highest BCUT2D eigenvalue weighted by molar-refractivity contribution is 6.31. The van der Waals surface area contributed by atoms with Crippen molar-refractivity contribution < 1.29 is 13.9 Å². The number of halogens is 2. The Balaban J connectivity index is 1.44. The minimum atomic E-state index is -0.265. The highest BCUT2D eigenvalue weighted by Crippen LogP contribution is 2.24. The van der Waals surface area contributed by atoms with Crippen LogP contribution >= 0.6 is 11.6 Å². The Morgan fingerprint density at radius 2 is 2.12 bits per heavy atom. The molecule has 2 fully saturated rings. The molecule has 2 heterocycles. The molecule has 6 heteroatoms. The molecule has 0 saturated carbocycles. The van der Waals surface area contributed by atoms with Crippen LogP contribution in [-0.2, 0) is 16.1 Å². The molecule has 132 valence electrons. The van der Waals surface area contributed by atoms with Crippen molar-refractivity contribution in [1.82, 2.24) is 10.2 Å². The second kappa shape index (κ2) is 8.28. The number of hydrogen-bond acceptors (Lipinski definition) is 3. The fourth-order valence-electron chi connectivity index (χ4n) is 3.42. The Kier molecular flexibility index (Phi) is 6.09. The number of amides is 1. The summed E-state index contributed by atoms with van der Waals surface area (Å²) in [7, 11) is 0. The van der Waals surface area contributed by atoms with Crippen molar-refractivity contribution in [3.8, 4) is 0 Å².